The quantitative estimate of drug-likeness (QED) is 0.895. The summed E-state index contributed by atoms with van der Waals surface area (Å²) in [7, 11) is 0. The van der Waals surface area contributed by atoms with Crippen LogP contribution >= 0.6 is 11.6 Å². The van der Waals surface area contributed by atoms with Crippen molar-refractivity contribution in [2.45, 2.75) is 32.1 Å². The molecule has 4 heteroatoms. The number of aliphatic carboxylic acids is 1. The molecule has 0 aliphatic heterocycles. The summed E-state index contributed by atoms with van der Waals surface area (Å²) in [5, 5.41) is 11.8. The summed E-state index contributed by atoms with van der Waals surface area (Å²) < 4.78 is 0. The number of allylic oxidation sites excluding steroid dienone is 1. The van der Waals surface area contributed by atoms with Crippen LogP contribution in [0.25, 0.3) is 10.8 Å². The average Bonchev–Trinajstić information content (AvgIpc) is 2.50. The Morgan fingerprint density at radius 3 is 2.78 bits per heavy atom. The Kier molecular flexibility index (Phi) is 4.49. The van der Waals surface area contributed by atoms with E-state index in [4.69, 9.17) is 16.7 Å². The van der Waals surface area contributed by atoms with Crippen molar-refractivity contribution in [3.63, 3.8) is 0 Å². The van der Waals surface area contributed by atoms with Gasteiger partial charge in [-0.25, -0.2) is 0 Å². The number of ketones is 1. The molecule has 0 amide bonds. The lowest BCUT2D eigenvalue weighted by Crippen LogP contribution is -2.15. The number of hydrogen-bond donors (Lipinski definition) is 1. The van der Waals surface area contributed by atoms with Gasteiger partial charge in [-0.2, -0.15) is 0 Å². The lowest BCUT2D eigenvalue weighted by atomic mass is 9.85. The molecule has 0 heterocycles. The Bertz CT molecular complexity index is 820. The highest BCUT2D eigenvalue weighted by Crippen LogP contribution is 2.29. The third-order valence-electron chi connectivity index (χ3n) is 4.28. The van der Waals surface area contributed by atoms with E-state index in [0.29, 0.717) is 29.9 Å². The zero-order valence-electron chi connectivity index (χ0n) is 12.6. The van der Waals surface area contributed by atoms with Crippen molar-refractivity contribution in [3.8, 4) is 0 Å². The molecule has 118 valence electrons. The van der Waals surface area contributed by atoms with Gasteiger partial charge in [-0.3, -0.25) is 9.59 Å². The van der Waals surface area contributed by atoms with E-state index in [1.165, 1.54) is 0 Å². The first-order valence-corrected chi connectivity index (χ1v) is 8.05. The maximum absolute atomic E-state index is 12.2. The summed E-state index contributed by atoms with van der Waals surface area (Å²) in [6, 6.07) is 11.7. The Labute approximate surface area is 139 Å². The summed E-state index contributed by atoms with van der Waals surface area (Å²) >= 11 is 6.18. The second kappa shape index (κ2) is 6.55. The van der Waals surface area contributed by atoms with Crippen LogP contribution in [0, 0.1) is 0 Å². The lowest BCUT2D eigenvalue weighted by Gasteiger charge is -2.18. The Morgan fingerprint density at radius 2 is 2.00 bits per heavy atom. The fourth-order valence-corrected chi connectivity index (χ4v) is 3.42. The van der Waals surface area contributed by atoms with E-state index in [9.17, 15) is 9.59 Å². The lowest BCUT2D eigenvalue weighted by molar-refractivity contribution is -0.136. The van der Waals surface area contributed by atoms with Gasteiger partial charge in [0.05, 0.1) is 6.42 Å². The summed E-state index contributed by atoms with van der Waals surface area (Å²) in [4.78, 5) is 23.3. The van der Waals surface area contributed by atoms with Crippen molar-refractivity contribution in [1.82, 2.24) is 0 Å². The number of carboxylic acid groups (broad SMARTS) is 1. The van der Waals surface area contributed by atoms with Gasteiger partial charge in [0.1, 0.15) is 0 Å². The summed E-state index contributed by atoms with van der Waals surface area (Å²) in [5.41, 5.74) is 2.47. The molecule has 1 N–H and O–H groups in total. The third-order valence-corrected chi connectivity index (χ3v) is 4.61. The van der Waals surface area contributed by atoms with E-state index < -0.39 is 5.97 Å². The molecule has 0 radical (unpaired) electrons. The van der Waals surface area contributed by atoms with Crippen LogP contribution < -0.4 is 0 Å². The molecule has 2 aromatic carbocycles. The van der Waals surface area contributed by atoms with Gasteiger partial charge in [0.25, 0.3) is 0 Å². The molecule has 1 aliphatic carbocycles. The summed E-state index contributed by atoms with van der Waals surface area (Å²) in [6.45, 7) is 0. The number of carbonyl (C=O) groups excluding carboxylic acids is 1. The number of Topliss-reactive ketones (excluding diaryl/α,β-unsaturated/α-hetero) is 1. The molecule has 0 spiro atoms. The van der Waals surface area contributed by atoms with Gasteiger partial charge in [0, 0.05) is 23.3 Å². The molecule has 0 atom stereocenters. The van der Waals surface area contributed by atoms with E-state index in [2.05, 4.69) is 0 Å². The monoisotopic (exact) mass is 328 g/mol. The Balaban J connectivity index is 1.96. The number of carbonyl (C=O) groups is 2. The van der Waals surface area contributed by atoms with Gasteiger partial charge in [0.15, 0.2) is 5.78 Å². The SMILES string of the molecule is O=C(O)CC1=C(Cc2ccc3c(Cl)cccc3c2)C(=O)CCC1. The van der Waals surface area contributed by atoms with Crippen molar-refractivity contribution in [2.24, 2.45) is 0 Å². The molecule has 0 saturated heterocycles. The molecule has 0 fully saturated rings. The van der Waals surface area contributed by atoms with E-state index >= 15 is 0 Å². The van der Waals surface area contributed by atoms with Crippen LogP contribution in [0.3, 0.4) is 0 Å². The molecule has 0 bridgehead atoms. The maximum Gasteiger partial charge on any atom is 0.307 e. The minimum atomic E-state index is -0.877. The van der Waals surface area contributed by atoms with Crippen molar-refractivity contribution in [1.29, 1.82) is 0 Å². The molecule has 1 aliphatic rings. The van der Waals surface area contributed by atoms with Crippen LogP contribution in [-0.4, -0.2) is 16.9 Å². The molecule has 3 rings (SSSR count). The topological polar surface area (TPSA) is 54.4 Å². The standard InChI is InChI=1S/C19H17ClO3/c20-17-5-1-3-13-9-12(7-8-15(13)17)10-16-14(11-19(22)23)4-2-6-18(16)21/h1,3,5,7-9H,2,4,6,10-11H2,(H,22,23). The number of rotatable bonds is 4. The highest BCUT2D eigenvalue weighted by atomic mass is 35.5. The minimum absolute atomic E-state index is 0.0412. The van der Waals surface area contributed by atoms with Crippen molar-refractivity contribution in [3.05, 3.63) is 58.1 Å². The van der Waals surface area contributed by atoms with Crippen LogP contribution in [0.5, 0.6) is 0 Å². The van der Waals surface area contributed by atoms with E-state index in [-0.39, 0.29) is 12.2 Å². The average molecular weight is 329 g/mol. The molecule has 0 unspecified atom stereocenters. The summed E-state index contributed by atoms with van der Waals surface area (Å²) in [6.07, 6.45) is 2.41. The number of halogens is 1. The van der Waals surface area contributed by atoms with Gasteiger partial charge < -0.3 is 5.11 Å². The number of fused-ring (bicyclic) bond motifs is 1. The van der Waals surface area contributed by atoms with Crippen LogP contribution in [0.1, 0.15) is 31.2 Å². The molecule has 3 nitrogen and oxygen atoms in total. The van der Waals surface area contributed by atoms with Crippen molar-refractivity contribution >= 4 is 34.1 Å². The first kappa shape index (κ1) is 15.8. The number of hydrogen-bond acceptors (Lipinski definition) is 2. The predicted molar refractivity (Wildman–Crippen MR) is 90.8 cm³/mol. The first-order valence-electron chi connectivity index (χ1n) is 7.67. The second-order valence-electron chi connectivity index (χ2n) is 5.90. The molecular weight excluding hydrogens is 312 g/mol. The largest absolute Gasteiger partial charge is 0.481 e. The van der Waals surface area contributed by atoms with Gasteiger partial charge in [0.2, 0.25) is 0 Å². The van der Waals surface area contributed by atoms with E-state index in [1.807, 2.05) is 36.4 Å². The van der Waals surface area contributed by atoms with Gasteiger partial charge in [-0.1, -0.05) is 47.5 Å². The van der Waals surface area contributed by atoms with E-state index in [1.54, 1.807) is 0 Å². The van der Waals surface area contributed by atoms with E-state index in [0.717, 1.165) is 28.3 Å². The van der Waals surface area contributed by atoms with Crippen molar-refractivity contribution < 1.29 is 14.7 Å². The molecule has 0 saturated carbocycles. The molecular formula is C19H17ClO3. The number of carboxylic acids is 1. The minimum Gasteiger partial charge on any atom is -0.481 e. The fraction of sp³-hybridized carbons (Fsp3) is 0.263. The predicted octanol–water partition coefficient (Wildman–Crippen LogP) is 4.56. The zero-order valence-corrected chi connectivity index (χ0v) is 13.4. The van der Waals surface area contributed by atoms with Crippen LogP contribution in [0.4, 0.5) is 0 Å². The number of benzene rings is 2. The highest BCUT2D eigenvalue weighted by molar-refractivity contribution is 6.35. The third kappa shape index (κ3) is 3.45. The molecule has 23 heavy (non-hydrogen) atoms. The second-order valence-corrected chi connectivity index (χ2v) is 6.31. The Morgan fingerprint density at radius 1 is 1.17 bits per heavy atom. The normalized spacial score (nSPS) is 15.3. The van der Waals surface area contributed by atoms with Gasteiger partial charge >= 0.3 is 5.97 Å². The van der Waals surface area contributed by atoms with Crippen molar-refractivity contribution in [2.75, 3.05) is 0 Å². The van der Waals surface area contributed by atoms with Gasteiger partial charge in [-0.05, 0) is 35.4 Å². The molecule has 0 aromatic heterocycles. The smallest absolute Gasteiger partial charge is 0.307 e. The summed E-state index contributed by atoms with van der Waals surface area (Å²) in [5.74, 6) is -0.795. The first-order chi connectivity index (χ1) is 11.0. The zero-order chi connectivity index (χ0) is 16.4. The van der Waals surface area contributed by atoms with Gasteiger partial charge in [-0.15, -0.1) is 0 Å². The molecule has 2 aromatic rings. The Hall–Kier alpha value is -2.13. The van der Waals surface area contributed by atoms with Crippen LogP contribution in [0.15, 0.2) is 47.5 Å². The van der Waals surface area contributed by atoms with Crippen LogP contribution in [-0.2, 0) is 16.0 Å². The fourth-order valence-electron chi connectivity index (χ4n) is 3.17. The maximum atomic E-state index is 12.2. The van der Waals surface area contributed by atoms with Crippen LogP contribution in [0.2, 0.25) is 5.02 Å². The highest BCUT2D eigenvalue weighted by Gasteiger charge is 2.22.